The van der Waals surface area contributed by atoms with Gasteiger partial charge in [0.05, 0.1) is 11.5 Å². The number of carbonyl (C=O) groups excluding carboxylic acids is 1. The summed E-state index contributed by atoms with van der Waals surface area (Å²) in [7, 11) is 0. The third-order valence-corrected chi connectivity index (χ3v) is 5.36. The number of hydrogen-bond donors (Lipinski definition) is 2. The summed E-state index contributed by atoms with van der Waals surface area (Å²) in [5, 5.41) is 9.75. The number of nitrogens with one attached hydrogen (secondary N) is 2. The highest BCUT2D eigenvalue weighted by Crippen LogP contribution is 2.22. The molecule has 1 aliphatic rings. The van der Waals surface area contributed by atoms with Gasteiger partial charge in [0.1, 0.15) is 0 Å². The molecule has 2 aromatic rings. The smallest absolute Gasteiger partial charge is 0.251 e. The van der Waals surface area contributed by atoms with Crippen LogP contribution in [0, 0.1) is 0 Å². The van der Waals surface area contributed by atoms with Gasteiger partial charge in [-0.25, -0.2) is 0 Å². The van der Waals surface area contributed by atoms with Crippen LogP contribution in [0.4, 0.5) is 5.00 Å². The lowest BCUT2D eigenvalue weighted by atomic mass is 10.2. The number of guanidine groups is 1. The Morgan fingerprint density at radius 2 is 1.85 bits per heavy atom. The van der Waals surface area contributed by atoms with E-state index in [4.69, 9.17) is 4.99 Å². The van der Waals surface area contributed by atoms with Gasteiger partial charge < -0.3 is 20.4 Å². The Morgan fingerprint density at radius 3 is 2.52 bits per heavy atom. The molecule has 1 aromatic heterocycles. The second-order valence-corrected chi connectivity index (χ2v) is 7.21. The molecule has 27 heavy (non-hydrogen) atoms. The van der Waals surface area contributed by atoms with Gasteiger partial charge in [0.2, 0.25) is 0 Å². The molecule has 0 aliphatic carbocycles. The second kappa shape index (κ2) is 9.97. The number of rotatable bonds is 6. The number of piperazine rings is 1. The number of amides is 1. The van der Waals surface area contributed by atoms with E-state index in [1.165, 1.54) is 5.00 Å². The van der Waals surface area contributed by atoms with Crippen LogP contribution >= 0.6 is 11.3 Å². The summed E-state index contributed by atoms with van der Waals surface area (Å²) in [6.07, 6.45) is 0. The summed E-state index contributed by atoms with van der Waals surface area (Å²) < 4.78 is 0. The SMILES string of the molecule is CCNC(=NCCNC(=O)c1ccccc1)N1CCN(c2cccs2)CC1. The molecule has 2 heterocycles. The van der Waals surface area contributed by atoms with Gasteiger partial charge >= 0.3 is 0 Å². The van der Waals surface area contributed by atoms with Gasteiger partial charge in [-0.1, -0.05) is 18.2 Å². The van der Waals surface area contributed by atoms with Crippen molar-refractivity contribution in [1.82, 2.24) is 15.5 Å². The van der Waals surface area contributed by atoms with Gasteiger partial charge in [0.25, 0.3) is 5.91 Å². The maximum absolute atomic E-state index is 12.1. The number of nitrogens with zero attached hydrogens (tertiary/aromatic N) is 3. The van der Waals surface area contributed by atoms with Crippen LogP contribution in [0.2, 0.25) is 0 Å². The molecule has 144 valence electrons. The zero-order valence-corrected chi connectivity index (χ0v) is 16.5. The Morgan fingerprint density at radius 1 is 1.07 bits per heavy atom. The zero-order chi connectivity index (χ0) is 18.9. The predicted molar refractivity (Wildman–Crippen MR) is 113 cm³/mol. The summed E-state index contributed by atoms with van der Waals surface area (Å²) in [6.45, 7) is 7.88. The number of thiophene rings is 1. The highest BCUT2D eigenvalue weighted by molar-refractivity contribution is 7.14. The van der Waals surface area contributed by atoms with Crippen LogP contribution in [-0.2, 0) is 0 Å². The molecule has 0 saturated carbocycles. The normalized spacial score (nSPS) is 14.9. The first-order valence-electron chi connectivity index (χ1n) is 9.43. The van der Waals surface area contributed by atoms with Crippen molar-refractivity contribution in [3.05, 3.63) is 53.4 Å². The standard InChI is InChI=1S/C20H27N5OS/c1-2-21-20(23-11-10-22-19(26)17-7-4-3-5-8-17)25-14-12-24(13-15-25)18-9-6-16-27-18/h3-9,16H,2,10-15H2,1H3,(H,21,23)(H,22,26). The maximum Gasteiger partial charge on any atom is 0.251 e. The van der Waals surface area contributed by atoms with Crippen LogP contribution in [0.3, 0.4) is 0 Å². The van der Waals surface area contributed by atoms with E-state index in [0.29, 0.717) is 18.7 Å². The molecule has 3 rings (SSSR count). The molecule has 0 atom stereocenters. The van der Waals surface area contributed by atoms with Crippen molar-refractivity contribution in [2.75, 3.05) is 50.7 Å². The largest absolute Gasteiger partial charge is 0.360 e. The minimum Gasteiger partial charge on any atom is -0.360 e. The summed E-state index contributed by atoms with van der Waals surface area (Å²) in [5.41, 5.74) is 0.679. The van der Waals surface area contributed by atoms with Crippen molar-refractivity contribution in [1.29, 1.82) is 0 Å². The predicted octanol–water partition coefficient (Wildman–Crippen LogP) is 2.27. The molecule has 0 spiro atoms. The van der Waals surface area contributed by atoms with Crippen LogP contribution in [-0.4, -0.2) is 62.6 Å². The van der Waals surface area contributed by atoms with Crippen molar-refractivity contribution in [3.8, 4) is 0 Å². The van der Waals surface area contributed by atoms with Gasteiger partial charge in [-0.15, -0.1) is 11.3 Å². The fourth-order valence-corrected chi connectivity index (χ4v) is 3.82. The van der Waals surface area contributed by atoms with Crippen LogP contribution in [0.5, 0.6) is 0 Å². The average Bonchev–Trinajstić information content (AvgIpc) is 3.26. The first kappa shape index (κ1) is 19.2. The first-order valence-corrected chi connectivity index (χ1v) is 10.3. The monoisotopic (exact) mass is 385 g/mol. The van der Waals surface area contributed by atoms with Crippen LogP contribution in [0.1, 0.15) is 17.3 Å². The molecule has 1 aromatic carbocycles. The minimum absolute atomic E-state index is 0.0552. The quantitative estimate of drug-likeness (QED) is 0.455. The Bertz CT molecular complexity index is 724. The molecular weight excluding hydrogens is 358 g/mol. The number of anilines is 1. The topological polar surface area (TPSA) is 60.0 Å². The highest BCUT2D eigenvalue weighted by atomic mass is 32.1. The number of carbonyl (C=O) groups is 1. The summed E-state index contributed by atoms with van der Waals surface area (Å²) >= 11 is 1.79. The fraction of sp³-hybridized carbons (Fsp3) is 0.400. The lowest BCUT2D eigenvalue weighted by Gasteiger charge is -2.37. The molecule has 2 N–H and O–H groups in total. The van der Waals surface area contributed by atoms with E-state index in [9.17, 15) is 4.79 Å². The minimum atomic E-state index is -0.0552. The highest BCUT2D eigenvalue weighted by Gasteiger charge is 2.20. The molecule has 6 nitrogen and oxygen atoms in total. The summed E-state index contributed by atoms with van der Waals surface area (Å²) in [5.74, 6) is 0.873. The Labute approximate surface area is 164 Å². The second-order valence-electron chi connectivity index (χ2n) is 6.28. The van der Waals surface area contributed by atoms with Gasteiger partial charge in [0.15, 0.2) is 5.96 Å². The average molecular weight is 386 g/mol. The third kappa shape index (κ3) is 5.47. The van der Waals surface area contributed by atoms with E-state index >= 15 is 0 Å². The van der Waals surface area contributed by atoms with Gasteiger partial charge in [-0.05, 0) is 36.6 Å². The van der Waals surface area contributed by atoms with Crippen molar-refractivity contribution in [2.45, 2.75) is 6.92 Å². The lowest BCUT2D eigenvalue weighted by Crippen LogP contribution is -2.52. The van der Waals surface area contributed by atoms with Crippen molar-refractivity contribution in [2.24, 2.45) is 4.99 Å². The van der Waals surface area contributed by atoms with E-state index in [0.717, 1.165) is 38.7 Å². The first-order chi connectivity index (χ1) is 13.3. The van der Waals surface area contributed by atoms with E-state index in [2.05, 4.69) is 44.9 Å². The summed E-state index contributed by atoms with van der Waals surface area (Å²) in [6, 6.07) is 13.5. The number of hydrogen-bond acceptors (Lipinski definition) is 4. The molecule has 1 aliphatic heterocycles. The molecule has 1 amide bonds. The molecule has 0 unspecified atom stereocenters. The molecule has 1 fully saturated rings. The number of benzene rings is 1. The van der Waals surface area contributed by atoms with Gasteiger partial charge in [0, 0.05) is 44.8 Å². The van der Waals surface area contributed by atoms with Crippen LogP contribution < -0.4 is 15.5 Å². The Balaban J connectivity index is 1.47. The van der Waals surface area contributed by atoms with Crippen molar-refractivity contribution >= 4 is 28.2 Å². The summed E-state index contributed by atoms with van der Waals surface area (Å²) in [4.78, 5) is 21.5. The molecule has 0 radical (unpaired) electrons. The van der Waals surface area contributed by atoms with Gasteiger partial charge in [-0.2, -0.15) is 0 Å². The van der Waals surface area contributed by atoms with Crippen molar-refractivity contribution in [3.63, 3.8) is 0 Å². The molecule has 0 bridgehead atoms. The number of aliphatic imine (C=N–C) groups is 1. The Hall–Kier alpha value is -2.54. The molecule has 7 heteroatoms. The van der Waals surface area contributed by atoms with E-state index in [-0.39, 0.29) is 5.91 Å². The van der Waals surface area contributed by atoms with E-state index in [1.54, 1.807) is 11.3 Å². The van der Waals surface area contributed by atoms with E-state index < -0.39 is 0 Å². The molecule has 1 saturated heterocycles. The van der Waals surface area contributed by atoms with Crippen molar-refractivity contribution < 1.29 is 4.79 Å². The lowest BCUT2D eigenvalue weighted by molar-refractivity contribution is 0.0955. The third-order valence-electron chi connectivity index (χ3n) is 4.43. The fourth-order valence-electron chi connectivity index (χ4n) is 3.04. The maximum atomic E-state index is 12.1. The van der Waals surface area contributed by atoms with Crippen LogP contribution in [0.25, 0.3) is 0 Å². The van der Waals surface area contributed by atoms with E-state index in [1.807, 2.05) is 30.3 Å². The molecular formula is C20H27N5OS. The van der Waals surface area contributed by atoms with Gasteiger partial charge in [-0.3, -0.25) is 9.79 Å². The Kier molecular flexibility index (Phi) is 7.10. The van der Waals surface area contributed by atoms with Crippen LogP contribution in [0.15, 0.2) is 52.8 Å². The zero-order valence-electron chi connectivity index (χ0n) is 15.7.